The highest BCUT2D eigenvalue weighted by atomic mass is 32.2. The Morgan fingerprint density at radius 2 is 0.388 bits per heavy atom. The SMILES string of the molecule is OC[C@H]1O[C@H](O[C@@H]2[C@H](O)[C@@H](O)[C@H](O[C@H]3[C@H](O)[C@@H](O)[C@H](OCCCCCCSCCC[Si](CCCSCCCCCCO[C@@H]4O[C@H](CO)[C@@H](O[C@@H]5O[C@H](CO)[C@H](O[C@H]6O[C@H](CO)[C@H](O)[C@H](O)[C@H]6O)[C@H](O)[C@H]5O)[C@H](O)[C@H]4O)(CCCSCCCCCCO[C@@H]4O[C@H](CO)[C@@H](O[C@@H]5O[C@H](CO)[C@H](O[C@H]6O[C@H](CO)[C@H](O)[C@H](O)[C@H]6O)[C@H](O)[C@H]5O)[C@H](O)[C@H]4O)c4ccccc4)O[C@@H]3CO)O[C@@H]2CO)[C@H](O)[C@@H](O)[C@H]1O. The number of ether oxygens (including phenoxy) is 18. The predicted molar refractivity (Wildman–Crippen MR) is 482 cm³/mol. The maximum atomic E-state index is 11.3. The van der Waals surface area contributed by atoms with Crippen molar-refractivity contribution in [2.45, 2.75) is 391 Å². The largest absolute Gasteiger partial charge is 0.394 e. The van der Waals surface area contributed by atoms with Crippen LogP contribution in [0.15, 0.2) is 30.3 Å². The zero-order valence-corrected chi connectivity index (χ0v) is 80.8. The zero-order chi connectivity index (χ0) is 101. The van der Waals surface area contributed by atoms with Crippen LogP contribution in [0.2, 0.25) is 18.1 Å². The highest BCUT2D eigenvalue weighted by Gasteiger charge is 2.59. The number of thioether (sulfide) groups is 3. The van der Waals surface area contributed by atoms with E-state index < -0.39 is 344 Å². The quantitative estimate of drug-likeness (QED) is 0.0213. The van der Waals surface area contributed by atoms with Gasteiger partial charge in [-0.05, 0) is 92.3 Å². The van der Waals surface area contributed by atoms with Crippen molar-refractivity contribution in [2.75, 3.05) is 114 Å². The molecular formula is C87H152O48S3Si. The molecule has 1 aromatic rings. The molecule has 1 aromatic carbocycles. The average Bonchev–Trinajstić information content (AvgIpc) is 0.753. The van der Waals surface area contributed by atoms with Gasteiger partial charge >= 0.3 is 0 Å². The number of benzene rings is 1. The molecule has 9 saturated heterocycles. The summed E-state index contributed by atoms with van der Waals surface area (Å²) in [4.78, 5) is 0. The van der Waals surface area contributed by atoms with Gasteiger partial charge in [-0.25, -0.2) is 0 Å². The Balaban J connectivity index is 0.642. The first-order valence-corrected chi connectivity index (χ1v) is 54.1. The van der Waals surface area contributed by atoms with Crippen LogP contribution in [0.3, 0.4) is 0 Å². The molecule has 9 fully saturated rings. The van der Waals surface area contributed by atoms with Crippen LogP contribution in [-0.2, 0) is 85.3 Å². The lowest BCUT2D eigenvalue weighted by Crippen LogP contribution is -2.66. The standard InChI is InChI=1S/C87H152O48S3Si/c88-33-43-52(97)55(100)64(109)82(121-43)130-76-49(39-94)127-85(70(115)61(76)106)133-73-46(36-91)124-79(67(112)58(73)103)118-21-10-1-4-13-24-136-27-16-30-139(42-19-8-7-9-20-42,31-17-28-137-25-14-5-2-11-22-119-80-68(113)59(104)74(47(37-92)125-80)134-86-71(116)62(107)77(50(40-95)128-86)131-83-65(110)56(101)53(98)44(34-89)122-83)32-18-29-138-26-15-6-3-12-23-120-81-69(114)60(105)75(48(38-93)126-81)135-87-72(117)63(108)78(51(41-96)129-87)132-84-66(111)57(102)54(99)45(35-90)123-84/h7-9,19-20,43-117H,1-6,10-18,21-41H2/t43-,44-,45-,46-,47-,48-,49-,50-,51-,52+,53+,54+,55+,56+,57+,58-,59-,60-,61-,62-,63-,64-,65-,66-,67-,68-,69-,70-,71-,72-,73-,74-,75-,76+,77+,78+,79-,80-,81-,82-,83-,84-,85+,86+,87+/m1/s1. The van der Waals surface area contributed by atoms with Crippen molar-refractivity contribution in [3.63, 3.8) is 0 Å². The molecule has 810 valence electrons. The van der Waals surface area contributed by atoms with Crippen molar-refractivity contribution in [1.82, 2.24) is 0 Å². The van der Waals surface area contributed by atoms with Crippen molar-refractivity contribution < 1.29 is 238 Å². The highest BCUT2D eigenvalue weighted by molar-refractivity contribution is 7.99. The minimum atomic E-state index is -2.12. The molecule has 0 amide bonds. The van der Waals surface area contributed by atoms with Crippen LogP contribution in [-0.4, -0.2) is 551 Å². The molecule has 0 saturated carbocycles. The zero-order valence-electron chi connectivity index (χ0n) is 77.3. The maximum absolute atomic E-state index is 11.3. The molecule has 48 nitrogen and oxygen atoms in total. The van der Waals surface area contributed by atoms with E-state index >= 15 is 0 Å². The normalized spacial score (nSPS) is 42.1. The summed E-state index contributed by atoms with van der Waals surface area (Å²) in [5.41, 5.74) is 0. The molecule has 139 heavy (non-hydrogen) atoms. The second-order valence-electron chi connectivity index (χ2n) is 36.6. The Bertz CT molecular complexity index is 3160. The predicted octanol–water partition coefficient (Wildman–Crippen LogP) is -11.2. The minimum absolute atomic E-state index is 0.127. The topological polar surface area (TPSA) is 773 Å². The fourth-order valence-electron chi connectivity index (χ4n) is 18.6. The molecule has 0 radical (unpaired) electrons. The molecule has 9 aliphatic heterocycles. The van der Waals surface area contributed by atoms with Crippen molar-refractivity contribution in [2.24, 2.45) is 0 Å². The van der Waals surface area contributed by atoms with E-state index in [-0.39, 0.29) is 19.8 Å². The second kappa shape index (κ2) is 60.0. The van der Waals surface area contributed by atoms with Crippen molar-refractivity contribution in [3.8, 4) is 0 Å². The lowest BCUT2D eigenvalue weighted by atomic mass is 9.96. The van der Waals surface area contributed by atoms with Gasteiger partial charge in [0, 0.05) is 19.8 Å². The van der Waals surface area contributed by atoms with Gasteiger partial charge in [0.25, 0.3) is 0 Å². The molecule has 9 heterocycles. The molecule has 10 rings (SSSR count). The molecule has 9 aliphatic rings. The minimum Gasteiger partial charge on any atom is -0.394 e. The summed E-state index contributed by atoms with van der Waals surface area (Å²) in [6, 6.07) is 14.1. The second-order valence-corrected chi connectivity index (χ2v) is 44.9. The lowest BCUT2D eigenvalue weighted by Gasteiger charge is -2.48. The van der Waals surface area contributed by atoms with Gasteiger partial charge in [-0.3, -0.25) is 0 Å². The van der Waals surface area contributed by atoms with E-state index in [1.54, 1.807) is 0 Å². The third-order valence-corrected chi connectivity index (χ3v) is 35.8. The first-order chi connectivity index (χ1) is 66.8. The van der Waals surface area contributed by atoms with Crippen LogP contribution in [0, 0.1) is 0 Å². The van der Waals surface area contributed by atoms with Gasteiger partial charge in [0.1, 0.15) is 220 Å². The van der Waals surface area contributed by atoms with Crippen LogP contribution in [0.4, 0.5) is 0 Å². The first kappa shape index (κ1) is 119. The smallest absolute Gasteiger partial charge is 0.187 e. The van der Waals surface area contributed by atoms with Crippen LogP contribution in [0.25, 0.3) is 0 Å². The van der Waals surface area contributed by atoms with Crippen LogP contribution in [0.1, 0.15) is 96.3 Å². The van der Waals surface area contributed by atoms with Crippen molar-refractivity contribution >= 4 is 48.5 Å². The summed E-state index contributed by atoms with van der Waals surface area (Å²) in [5, 5.41) is 319. The molecule has 45 atom stereocenters. The van der Waals surface area contributed by atoms with Crippen molar-refractivity contribution in [3.05, 3.63) is 30.3 Å². The van der Waals surface area contributed by atoms with E-state index in [1.165, 1.54) is 5.19 Å². The Morgan fingerprint density at radius 3 is 0.612 bits per heavy atom. The monoisotopic (exact) mass is 2090 g/mol. The number of hydrogen-bond donors (Lipinski definition) is 30. The average molecular weight is 2090 g/mol. The Hall–Kier alpha value is -1.43. The molecule has 0 unspecified atom stereocenters. The maximum Gasteiger partial charge on any atom is 0.187 e. The van der Waals surface area contributed by atoms with Crippen LogP contribution >= 0.6 is 35.3 Å². The molecule has 52 heteroatoms. The summed E-state index contributed by atoms with van der Waals surface area (Å²) >= 11 is 5.72. The summed E-state index contributed by atoms with van der Waals surface area (Å²) in [7, 11) is -2.12. The van der Waals surface area contributed by atoms with Gasteiger partial charge in [0.2, 0.25) is 0 Å². The fraction of sp³-hybridized carbons (Fsp3) is 0.931. The first-order valence-electron chi connectivity index (χ1n) is 48.0. The van der Waals surface area contributed by atoms with Crippen molar-refractivity contribution in [1.29, 1.82) is 0 Å². The third-order valence-electron chi connectivity index (χ3n) is 26.8. The Labute approximate surface area is 818 Å². The summed E-state index contributed by atoms with van der Waals surface area (Å²) in [6.45, 7) is -6.86. The third kappa shape index (κ3) is 31.6. The van der Waals surface area contributed by atoms with Gasteiger partial charge in [0.15, 0.2) is 56.6 Å². The molecule has 0 aromatic heterocycles. The molecule has 30 N–H and O–H groups in total. The Kier molecular flexibility index (Phi) is 51.5. The number of hydrogen-bond acceptors (Lipinski definition) is 51. The highest BCUT2D eigenvalue weighted by Crippen LogP contribution is 2.40. The van der Waals surface area contributed by atoms with E-state index in [9.17, 15) is 153 Å². The van der Waals surface area contributed by atoms with Gasteiger partial charge in [-0.1, -0.05) is 92.2 Å². The van der Waals surface area contributed by atoms with E-state index in [4.69, 9.17) is 85.3 Å². The molecule has 0 aliphatic carbocycles. The molecule has 0 bridgehead atoms. The lowest BCUT2D eigenvalue weighted by molar-refractivity contribution is -0.379. The van der Waals surface area contributed by atoms with Gasteiger partial charge < -0.3 is 238 Å². The van der Waals surface area contributed by atoms with E-state index in [0.29, 0.717) is 19.3 Å². The molecular weight excluding hydrogens is 1940 g/mol. The van der Waals surface area contributed by atoms with E-state index in [1.807, 2.05) is 41.4 Å². The van der Waals surface area contributed by atoms with Gasteiger partial charge in [0.05, 0.1) is 67.5 Å². The number of unbranched alkanes of at least 4 members (excludes halogenated alkanes) is 9. The van der Waals surface area contributed by atoms with Crippen LogP contribution < -0.4 is 5.19 Å². The number of rotatable bonds is 58. The number of aliphatic hydroxyl groups excluding tert-OH is 30. The Morgan fingerprint density at radius 1 is 0.201 bits per heavy atom. The van der Waals surface area contributed by atoms with E-state index in [0.717, 1.165) is 130 Å². The molecule has 0 spiro atoms. The number of aliphatic hydroxyl groups is 30. The van der Waals surface area contributed by atoms with Gasteiger partial charge in [-0.2, -0.15) is 35.3 Å². The summed E-state index contributed by atoms with van der Waals surface area (Å²) < 4.78 is 103. The summed E-state index contributed by atoms with van der Waals surface area (Å²) in [5.74, 6) is 5.66. The van der Waals surface area contributed by atoms with Crippen LogP contribution in [0.5, 0.6) is 0 Å². The fourth-order valence-corrected chi connectivity index (χ4v) is 27.3. The van der Waals surface area contributed by atoms with Gasteiger partial charge in [-0.15, -0.1) is 0 Å². The van der Waals surface area contributed by atoms with E-state index in [2.05, 4.69) is 24.3 Å². The summed E-state index contributed by atoms with van der Waals surface area (Å²) in [6.07, 6.45) is -63.4.